The number of methoxy groups -OCH3 is 1. The maximum atomic E-state index is 12.6. The van der Waals surface area contributed by atoms with Crippen LogP contribution in [0.15, 0.2) is 77.7 Å². The number of carbonyl (C=O) groups excluding carboxylic acids is 2. The Kier molecular flexibility index (Phi) is 6.84. The number of esters is 1. The van der Waals surface area contributed by atoms with Gasteiger partial charge in [0.1, 0.15) is 5.75 Å². The zero-order valence-electron chi connectivity index (χ0n) is 17.6. The van der Waals surface area contributed by atoms with E-state index in [4.69, 9.17) is 9.47 Å². The van der Waals surface area contributed by atoms with E-state index in [0.717, 1.165) is 10.0 Å². The maximum absolute atomic E-state index is 12.6. The van der Waals surface area contributed by atoms with Gasteiger partial charge in [-0.1, -0.05) is 34.1 Å². The molecule has 168 valence electrons. The van der Waals surface area contributed by atoms with Gasteiger partial charge in [-0.25, -0.2) is 9.48 Å². The van der Waals surface area contributed by atoms with Crippen molar-refractivity contribution in [3.05, 3.63) is 94.5 Å². The van der Waals surface area contributed by atoms with Gasteiger partial charge in [0, 0.05) is 16.9 Å². The van der Waals surface area contributed by atoms with E-state index in [2.05, 4.69) is 31.4 Å². The molecule has 2 aromatic heterocycles. The van der Waals surface area contributed by atoms with Crippen LogP contribution in [0.25, 0.3) is 0 Å². The number of nitrogens with zero attached hydrogens (tertiary/aromatic N) is 4. The highest BCUT2D eigenvalue weighted by molar-refractivity contribution is 9.10. The van der Waals surface area contributed by atoms with E-state index < -0.39 is 5.97 Å². The first-order chi connectivity index (χ1) is 16.0. The van der Waals surface area contributed by atoms with Gasteiger partial charge in [0.25, 0.3) is 5.91 Å². The molecule has 0 radical (unpaired) electrons. The molecule has 1 amide bonds. The summed E-state index contributed by atoms with van der Waals surface area (Å²) in [7, 11) is 1.34. The van der Waals surface area contributed by atoms with E-state index in [1.54, 1.807) is 35.3 Å². The first-order valence-corrected chi connectivity index (χ1v) is 10.7. The minimum atomic E-state index is -0.411. The lowest BCUT2D eigenvalue weighted by Crippen LogP contribution is -2.14. The number of amides is 1. The van der Waals surface area contributed by atoms with Crippen LogP contribution >= 0.6 is 15.9 Å². The van der Waals surface area contributed by atoms with Gasteiger partial charge in [-0.15, -0.1) is 0 Å². The van der Waals surface area contributed by atoms with Crippen LogP contribution in [-0.4, -0.2) is 38.5 Å². The highest BCUT2D eigenvalue weighted by Gasteiger charge is 2.14. The maximum Gasteiger partial charge on any atom is 0.338 e. The Morgan fingerprint density at radius 2 is 1.85 bits per heavy atom. The molecular weight excluding hydrogens is 490 g/mol. The molecule has 0 fully saturated rings. The van der Waals surface area contributed by atoms with Crippen LogP contribution in [0.4, 0.5) is 5.69 Å². The average molecular weight is 510 g/mol. The number of nitrogens with one attached hydrogen (secondary N) is 1. The molecule has 2 heterocycles. The molecule has 0 unspecified atom stereocenters. The molecule has 4 aromatic rings. The molecule has 0 bridgehead atoms. The summed E-state index contributed by atoms with van der Waals surface area (Å²) in [5.41, 5.74) is 1.99. The third-order valence-corrected chi connectivity index (χ3v) is 5.23. The standard InChI is InChI=1S/C23H20BrN5O4/c1-32-23(31)20-5-3-2-4-16(20)13-29-14-18(12-25-29)26-22(30)21-10-11-28(27-21)15-33-19-8-6-17(24)7-9-19/h2-12,14H,13,15H2,1H3,(H,26,30). The third-order valence-electron chi connectivity index (χ3n) is 4.70. The van der Waals surface area contributed by atoms with Crippen LogP contribution in [0, 0.1) is 0 Å². The first kappa shape index (κ1) is 22.3. The van der Waals surface area contributed by atoms with Crippen LogP contribution in [0.2, 0.25) is 0 Å². The number of benzene rings is 2. The summed E-state index contributed by atoms with van der Waals surface area (Å²) < 4.78 is 14.6. The summed E-state index contributed by atoms with van der Waals surface area (Å²) in [6, 6.07) is 16.2. The monoisotopic (exact) mass is 509 g/mol. The van der Waals surface area contributed by atoms with Gasteiger partial charge in [-0.05, 0) is 42.0 Å². The Morgan fingerprint density at radius 3 is 2.64 bits per heavy atom. The summed E-state index contributed by atoms with van der Waals surface area (Å²) in [6.07, 6.45) is 4.88. The number of ether oxygens (including phenoxy) is 2. The van der Waals surface area contributed by atoms with Crippen LogP contribution < -0.4 is 10.1 Å². The molecule has 0 atom stereocenters. The second-order valence-electron chi connectivity index (χ2n) is 7.00. The van der Waals surface area contributed by atoms with Crippen molar-refractivity contribution in [2.24, 2.45) is 0 Å². The summed E-state index contributed by atoms with van der Waals surface area (Å²) in [6.45, 7) is 0.523. The molecular formula is C23H20BrN5O4. The fourth-order valence-electron chi connectivity index (χ4n) is 3.08. The van der Waals surface area contributed by atoms with Crippen molar-refractivity contribution in [3.8, 4) is 5.75 Å². The van der Waals surface area contributed by atoms with Crippen molar-refractivity contribution in [2.45, 2.75) is 13.3 Å². The SMILES string of the molecule is COC(=O)c1ccccc1Cn1cc(NC(=O)c2ccn(COc3ccc(Br)cc3)n2)cn1. The molecule has 4 rings (SSSR count). The summed E-state index contributed by atoms with van der Waals surface area (Å²) in [5.74, 6) is -0.0845. The van der Waals surface area contributed by atoms with E-state index in [-0.39, 0.29) is 18.3 Å². The zero-order chi connectivity index (χ0) is 23.2. The van der Waals surface area contributed by atoms with Crippen molar-refractivity contribution >= 4 is 33.5 Å². The first-order valence-electron chi connectivity index (χ1n) is 9.93. The number of halogens is 1. The topological polar surface area (TPSA) is 100 Å². The number of carbonyl (C=O) groups is 2. The van der Waals surface area contributed by atoms with Crippen LogP contribution in [0.3, 0.4) is 0 Å². The smallest absolute Gasteiger partial charge is 0.338 e. The van der Waals surface area contributed by atoms with Gasteiger partial charge in [0.05, 0.1) is 31.1 Å². The Bertz CT molecular complexity index is 1270. The Hall–Kier alpha value is -3.92. The van der Waals surface area contributed by atoms with Crippen LogP contribution in [0.1, 0.15) is 26.4 Å². The lowest BCUT2D eigenvalue weighted by atomic mass is 10.1. The van der Waals surface area contributed by atoms with Gasteiger partial charge in [0.2, 0.25) is 0 Å². The molecule has 2 aromatic carbocycles. The fourth-order valence-corrected chi connectivity index (χ4v) is 3.34. The Labute approximate surface area is 198 Å². The molecule has 9 nitrogen and oxygen atoms in total. The molecule has 33 heavy (non-hydrogen) atoms. The minimum absolute atomic E-state index is 0.173. The predicted molar refractivity (Wildman–Crippen MR) is 124 cm³/mol. The van der Waals surface area contributed by atoms with Crippen molar-refractivity contribution < 1.29 is 19.1 Å². The Morgan fingerprint density at radius 1 is 1.06 bits per heavy atom. The van der Waals surface area contributed by atoms with Crippen LogP contribution in [0.5, 0.6) is 5.75 Å². The largest absolute Gasteiger partial charge is 0.471 e. The van der Waals surface area contributed by atoms with E-state index in [1.807, 2.05) is 36.4 Å². The molecule has 0 aliphatic carbocycles. The van der Waals surface area contributed by atoms with Gasteiger partial charge >= 0.3 is 5.97 Å². The number of rotatable bonds is 8. The average Bonchev–Trinajstić information content (AvgIpc) is 3.48. The third kappa shape index (κ3) is 5.66. The minimum Gasteiger partial charge on any atom is -0.471 e. The highest BCUT2D eigenvalue weighted by Crippen LogP contribution is 2.17. The van der Waals surface area contributed by atoms with E-state index in [0.29, 0.717) is 23.5 Å². The van der Waals surface area contributed by atoms with Crippen molar-refractivity contribution in [1.29, 1.82) is 0 Å². The quantitative estimate of drug-likeness (QED) is 0.360. The Balaban J connectivity index is 1.35. The van der Waals surface area contributed by atoms with E-state index >= 15 is 0 Å². The molecule has 10 heteroatoms. The number of anilines is 1. The van der Waals surface area contributed by atoms with Crippen LogP contribution in [-0.2, 0) is 18.0 Å². The molecule has 0 aliphatic heterocycles. The van der Waals surface area contributed by atoms with Gasteiger partial charge in [-0.2, -0.15) is 10.2 Å². The van der Waals surface area contributed by atoms with E-state index in [9.17, 15) is 9.59 Å². The number of hydrogen-bond acceptors (Lipinski definition) is 6. The lowest BCUT2D eigenvalue weighted by molar-refractivity contribution is 0.0599. The molecule has 0 spiro atoms. The second kappa shape index (κ2) is 10.1. The van der Waals surface area contributed by atoms with Gasteiger partial charge < -0.3 is 14.8 Å². The number of aromatic nitrogens is 4. The number of hydrogen-bond donors (Lipinski definition) is 1. The van der Waals surface area contributed by atoms with Crippen molar-refractivity contribution in [2.75, 3.05) is 12.4 Å². The molecule has 0 saturated heterocycles. The second-order valence-corrected chi connectivity index (χ2v) is 7.91. The van der Waals surface area contributed by atoms with Crippen molar-refractivity contribution in [1.82, 2.24) is 19.6 Å². The highest BCUT2D eigenvalue weighted by atomic mass is 79.9. The zero-order valence-corrected chi connectivity index (χ0v) is 19.2. The molecule has 1 N–H and O–H groups in total. The fraction of sp³-hybridized carbons (Fsp3) is 0.130. The molecule has 0 aliphatic rings. The van der Waals surface area contributed by atoms with Gasteiger partial charge in [-0.3, -0.25) is 9.48 Å². The summed E-state index contributed by atoms with van der Waals surface area (Å²) in [5, 5.41) is 11.3. The summed E-state index contributed by atoms with van der Waals surface area (Å²) in [4.78, 5) is 24.5. The van der Waals surface area contributed by atoms with Crippen molar-refractivity contribution in [3.63, 3.8) is 0 Å². The van der Waals surface area contributed by atoms with Gasteiger partial charge in [0.15, 0.2) is 12.4 Å². The normalized spacial score (nSPS) is 10.6. The lowest BCUT2D eigenvalue weighted by Gasteiger charge is -2.07. The molecule has 0 saturated carbocycles. The summed E-state index contributed by atoms with van der Waals surface area (Å²) >= 11 is 3.38. The predicted octanol–water partition coefficient (Wildman–Crippen LogP) is 3.97. The van der Waals surface area contributed by atoms with E-state index in [1.165, 1.54) is 18.0 Å².